The lowest BCUT2D eigenvalue weighted by molar-refractivity contribution is -0.115. The Balaban J connectivity index is 1.70. The highest BCUT2D eigenvalue weighted by Gasteiger charge is 2.29. The van der Waals surface area contributed by atoms with Crippen molar-refractivity contribution in [2.24, 2.45) is 5.92 Å². The molecule has 0 radical (unpaired) electrons. The molecule has 150 valence electrons. The average molecular weight is 401 g/mol. The number of rotatable bonds is 7. The van der Waals surface area contributed by atoms with Crippen LogP contribution in [-0.2, 0) is 22.4 Å². The molecule has 1 aliphatic carbocycles. The molecule has 0 fully saturated rings. The number of amides is 1. The summed E-state index contributed by atoms with van der Waals surface area (Å²) < 4.78 is 5.26. The maximum Gasteiger partial charge on any atom is 0.341 e. The monoisotopic (exact) mass is 400 g/mol. The summed E-state index contributed by atoms with van der Waals surface area (Å²) in [4.78, 5) is 26.3. The van der Waals surface area contributed by atoms with Gasteiger partial charge in [0.05, 0.1) is 18.7 Å². The van der Waals surface area contributed by atoms with Gasteiger partial charge in [-0.3, -0.25) is 4.79 Å². The molecular weight excluding hydrogens is 372 g/mol. The molecule has 1 aliphatic rings. The van der Waals surface area contributed by atoms with Gasteiger partial charge in [0.15, 0.2) is 0 Å². The number of anilines is 1. The van der Waals surface area contributed by atoms with Crippen LogP contribution < -0.4 is 10.6 Å². The molecule has 0 spiro atoms. The molecule has 28 heavy (non-hydrogen) atoms. The van der Waals surface area contributed by atoms with E-state index in [1.165, 1.54) is 16.2 Å². The number of nitrogens with one attached hydrogen (secondary N) is 2. The van der Waals surface area contributed by atoms with E-state index in [4.69, 9.17) is 4.74 Å². The van der Waals surface area contributed by atoms with Crippen LogP contribution in [0.15, 0.2) is 30.3 Å². The summed E-state index contributed by atoms with van der Waals surface area (Å²) in [6.45, 7) is 6.55. The van der Waals surface area contributed by atoms with E-state index in [1.54, 1.807) is 6.92 Å². The van der Waals surface area contributed by atoms with Crippen LogP contribution in [0.25, 0.3) is 0 Å². The fourth-order valence-corrected chi connectivity index (χ4v) is 4.95. The van der Waals surface area contributed by atoms with Gasteiger partial charge in [-0.25, -0.2) is 4.79 Å². The number of carbonyl (C=O) groups is 2. The first kappa shape index (κ1) is 20.6. The third-order valence-electron chi connectivity index (χ3n) is 5.11. The van der Waals surface area contributed by atoms with Crippen LogP contribution in [0, 0.1) is 5.92 Å². The molecule has 1 aromatic heterocycles. The Morgan fingerprint density at radius 1 is 1.29 bits per heavy atom. The summed E-state index contributed by atoms with van der Waals surface area (Å²) in [6.07, 6.45) is 2.87. The molecule has 0 bridgehead atoms. The Hall–Kier alpha value is -2.18. The predicted molar refractivity (Wildman–Crippen MR) is 113 cm³/mol. The van der Waals surface area contributed by atoms with Crippen LogP contribution in [0.1, 0.15) is 59.6 Å². The molecule has 6 heteroatoms. The van der Waals surface area contributed by atoms with Crippen molar-refractivity contribution >= 4 is 28.2 Å². The highest BCUT2D eigenvalue weighted by atomic mass is 32.1. The van der Waals surface area contributed by atoms with Gasteiger partial charge in [0.25, 0.3) is 0 Å². The first-order chi connectivity index (χ1) is 13.5. The van der Waals surface area contributed by atoms with Gasteiger partial charge in [-0.05, 0) is 50.2 Å². The summed E-state index contributed by atoms with van der Waals surface area (Å²) in [5, 5.41) is 6.80. The fraction of sp³-hybridized carbons (Fsp3) is 0.455. The van der Waals surface area contributed by atoms with Gasteiger partial charge in [0, 0.05) is 10.9 Å². The van der Waals surface area contributed by atoms with Gasteiger partial charge in [-0.15, -0.1) is 11.3 Å². The maximum atomic E-state index is 12.5. The number of carbonyl (C=O) groups excluding carboxylic acids is 2. The van der Waals surface area contributed by atoms with Crippen LogP contribution in [0.3, 0.4) is 0 Å². The number of thiophene rings is 1. The van der Waals surface area contributed by atoms with Gasteiger partial charge in [0.1, 0.15) is 5.00 Å². The lowest BCUT2D eigenvalue weighted by atomic mass is 9.88. The molecule has 0 saturated carbocycles. The van der Waals surface area contributed by atoms with Crippen molar-refractivity contribution in [2.75, 3.05) is 18.5 Å². The molecular formula is C22H28N2O3S. The van der Waals surface area contributed by atoms with Gasteiger partial charge in [-0.1, -0.05) is 37.3 Å². The van der Waals surface area contributed by atoms with Gasteiger partial charge in [0.2, 0.25) is 5.91 Å². The quantitative estimate of drug-likeness (QED) is 0.679. The van der Waals surface area contributed by atoms with E-state index in [0.717, 1.165) is 30.4 Å². The second kappa shape index (κ2) is 9.34. The number of fused-ring (bicyclic) bond motifs is 1. The van der Waals surface area contributed by atoms with Crippen molar-refractivity contribution < 1.29 is 14.3 Å². The maximum absolute atomic E-state index is 12.5. The number of benzene rings is 1. The molecule has 1 amide bonds. The largest absolute Gasteiger partial charge is 0.462 e. The normalized spacial score (nSPS) is 16.9. The number of esters is 1. The van der Waals surface area contributed by atoms with E-state index < -0.39 is 0 Å². The van der Waals surface area contributed by atoms with E-state index in [2.05, 4.69) is 17.6 Å². The van der Waals surface area contributed by atoms with Crippen molar-refractivity contribution in [3.8, 4) is 0 Å². The smallest absolute Gasteiger partial charge is 0.341 e. The van der Waals surface area contributed by atoms with E-state index >= 15 is 0 Å². The standard InChI is InChI=1S/C22H28N2O3S/c1-4-27-22(26)20-17-11-10-14(2)12-18(17)28-21(20)24-19(25)13-23-15(3)16-8-6-5-7-9-16/h5-9,14-15,23H,4,10-13H2,1-3H3,(H,24,25)/t14-,15-/m0/s1. The summed E-state index contributed by atoms with van der Waals surface area (Å²) in [5.41, 5.74) is 2.74. The van der Waals surface area contributed by atoms with E-state index in [1.807, 2.05) is 37.3 Å². The molecule has 1 heterocycles. The first-order valence-electron chi connectivity index (χ1n) is 9.89. The van der Waals surface area contributed by atoms with Crippen molar-refractivity contribution in [3.63, 3.8) is 0 Å². The second-order valence-corrected chi connectivity index (χ2v) is 8.44. The van der Waals surface area contributed by atoms with Crippen molar-refractivity contribution in [3.05, 3.63) is 51.9 Å². The predicted octanol–water partition coefficient (Wildman–Crippen LogP) is 4.34. The molecule has 0 aliphatic heterocycles. The van der Waals surface area contributed by atoms with Crippen molar-refractivity contribution in [2.45, 2.75) is 46.1 Å². The molecule has 2 atom stereocenters. The Morgan fingerprint density at radius 2 is 2.04 bits per heavy atom. The zero-order valence-electron chi connectivity index (χ0n) is 16.7. The van der Waals surface area contributed by atoms with Gasteiger partial charge < -0.3 is 15.4 Å². The number of hydrogen-bond acceptors (Lipinski definition) is 5. The zero-order valence-corrected chi connectivity index (χ0v) is 17.5. The zero-order chi connectivity index (χ0) is 20.1. The van der Waals surface area contributed by atoms with E-state index in [9.17, 15) is 9.59 Å². The van der Waals surface area contributed by atoms with E-state index in [-0.39, 0.29) is 24.5 Å². The molecule has 0 unspecified atom stereocenters. The molecule has 0 saturated heterocycles. The Bertz CT molecular complexity index is 832. The van der Waals surface area contributed by atoms with Crippen molar-refractivity contribution in [1.29, 1.82) is 0 Å². The first-order valence-corrected chi connectivity index (χ1v) is 10.7. The van der Waals surface area contributed by atoms with Crippen LogP contribution in [0.5, 0.6) is 0 Å². The van der Waals surface area contributed by atoms with Crippen molar-refractivity contribution in [1.82, 2.24) is 5.32 Å². The lowest BCUT2D eigenvalue weighted by Crippen LogP contribution is -2.30. The van der Waals surface area contributed by atoms with Crippen LogP contribution >= 0.6 is 11.3 Å². The SMILES string of the molecule is CCOC(=O)c1c(NC(=O)CN[C@@H](C)c2ccccc2)sc2c1CC[C@H](C)C2. The Labute approximate surface area is 170 Å². The summed E-state index contributed by atoms with van der Waals surface area (Å²) >= 11 is 1.52. The van der Waals surface area contributed by atoms with Crippen LogP contribution in [-0.4, -0.2) is 25.0 Å². The summed E-state index contributed by atoms with van der Waals surface area (Å²) in [6, 6.07) is 10.1. The lowest BCUT2D eigenvalue weighted by Gasteiger charge is -2.18. The Kier molecular flexibility index (Phi) is 6.86. The van der Waals surface area contributed by atoms with Gasteiger partial charge >= 0.3 is 5.97 Å². The van der Waals surface area contributed by atoms with Gasteiger partial charge in [-0.2, -0.15) is 0 Å². The minimum absolute atomic E-state index is 0.0638. The summed E-state index contributed by atoms with van der Waals surface area (Å²) in [7, 11) is 0. The number of hydrogen-bond donors (Lipinski definition) is 2. The fourth-order valence-electron chi connectivity index (χ4n) is 3.53. The molecule has 1 aromatic carbocycles. The minimum atomic E-state index is -0.338. The second-order valence-electron chi connectivity index (χ2n) is 7.34. The van der Waals surface area contributed by atoms with Crippen LogP contribution in [0.2, 0.25) is 0 Å². The van der Waals surface area contributed by atoms with Crippen LogP contribution in [0.4, 0.5) is 5.00 Å². The summed E-state index contributed by atoms with van der Waals surface area (Å²) in [5.74, 6) is 0.105. The third-order valence-corrected chi connectivity index (χ3v) is 6.28. The topological polar surface area (TPSA) is 67.4 Å². The highest BCUT2D eigenvalue weighted by Crippen LogP contribution is 2.40. The molecule has 5 nitrogen and oxygen atoms in total. The average Bonchev–Trinajstić information content (AvgIpc) is 3.03. The van der Waals surface area contributed by atoms with E-state index in [0.29, 0.717) is 23.1 Å². The minimum Gasteiger partial charge on any atom is -0.462 e. The molecule has 2 N–H and O–H groups in total. The molecule has 3 rings (SSSR count). The highest BCUT2D eigenvalue weighted by molar-refractivity contribution is 7.17. The third kappa shape index (κ3) is 4.80. The Morgan fingerprint density at radius 3 is 2.75 bits per heavy atom. The number of ether oxygens (including phenoxy) is 1. The molecule has 2 aromatic rings.